The SMILES string of the molecule is CCCCCCCCCC(=O)OC[C@H](COC(=O)CCCCCCCCCCCCCCCCCCCCC(C)C)OC(=O)CCCCCCCCCCCCCCCCCCCCC(C)CC. The molecule has 2 atom stereocenters. The van der Waals surface area contributed by atoms with Crippen LogP contribution in [0.25, 0.3) is 0 Å². The van der Waals surface area contributed by atoms with E-state index in [1.165, 1.54) is 238 Å². The first-order valence-corrected chi connectivity index (χ1v) is 30.8. The highest BCUT2D eigenvalue weighted by Crippen LogP contribution is 2.19. The van der Waals surface area contributed by atoms with Crippen LogP contribution in [-0.4, -0.2) is 37.2 Å². The number of unbranched alkanes of at least 4 members (excludes halogenated alkanes) is 40. The van der Waals surface area contributed by atoms with Gasteiger partial charge in [0.2, 0.25) is 0 Å². The van der Waals surface area contributed by atoms with E-state index in [2.05, 4.69) is 34.6 Å². The van der Waals surface area contributed by atoms with Crippen LogP contribution in [0.15, 0.2) is 0 Å². The van der Waals surface area contributed by atoms with E-state index in [9.17, 15) is 14.4 Å². The van der Waals surface area contributed by atoms with Gasteiger partial charge in [0.1, 0.15) is 13.2 Å². The summed E-state index contributed by atoms with van der Waals surface area (Å²) in [6.07, 6.45) is 59.8. The van der Waals surface area contributed by atoms with Crippen molar-refractivity contribution in [1.29, 1.82) is 0 Å². The Morgan fingerprint density at radius 3 is 0.838 bits per heavy atom. The molecule has 1 unspecified atom stereocenters. The molecular formula is C62H120O6. The van der Waals surface area contributed by atoms with E-state index >= 15 is 0 Å². The number of hydrogen-bond acceptors (Lipinski definition) is 6. The predicted molar refractivity (Wildman–Crippen MR) is 293 cm³/mol. The lowest BCUT2D eigenvalue weighted by molar-refractivity contribution is -0.167. The van der Waals surface area contributed by atoms with Gasteiger partial charge in [0, 0.05) is 19.3 Å². The fourth-order valence-electron chi connectivity index (χ4n) is 9.55. The molecule has 0 aliphatic heterocycles. The van der Waals surface area contributed by atoms with Crippen molar-refractivity contribution >= 4 is 17.9 Å². The third-order valence-electron chi connectivity index (χ3n) is 14.6. The first-order valence-electron chi connectivity index (χ1n) is 30.8. The van der Waals surface area contributed by atoms with Gasteiger partial charge in [-0.25, -0.2) is 0 Å². The lowest BCUT2D eigenvalue weighted by Crippen LogP contribution is -2.30. The molecule has 68 heavy (non-hydrogen) atoms. The zero-order chi connectivity index (χ0) is 49.6. The second-order valence-electron chi connectivity index (χ2n) is 22.1. The summed E-state index contributed by atoms with van der Waals surface area (Å²) in [4.78, 5) is 38.0. The molecule has 6 nitrogen and oxygen atoms in total. The Morgan fingerprint density at radius 2 is 0.559 bits per heavy atom. The minimum atomic E-state index is -0.761. The summed E-state index contributed by atoms with van der Waals surface area (Å²) in [5.74, 6) is 0.925. The molecule has 0 aromatic rings. The number of rotatable bonds is 56. The van der Waals surface area contributed by atoms with Crippen molar-refractivity contribution in [2.24, 2.45) is 11.8 Å². The van der Waals surface area contributed by atoms with Crippen LogP contribution in [0.1, 0.15) is 349 Å². The fraction of sp³-hybridized carbons (Fsp3) is 0.952. The summed E-state index contributed by atoms with van der Waals surface area (Å²) in [6, 6.07) is 0. The molecule has 0 bridgehead atoms. The molecule has 0 N–H and O–H groups in total. The lowest BCUT2D eigenvalue weighted by Gasteiger charge is -2.18. The first kappa shape index (κ1) is 66.4. The molecule has 0 saturated carbocycles. The molecular weight excluding hydrogens is 841 g/mol. The average molecular weight is 962 g/mol. The summed E-state index contributed by atoms with van der Waals surface area (Å²) in [6.45, 7) is 11.4. The quantitative estimate of drug-likeness (QED) is 0.0343. The van der Waals surface area contributed by atoms with Gasteiger partial charge in [0.25, 0.3) is 0 Å². The molecule has 0 aromatic heterocycles. The summed E-state index contributed by atoms with van der Waals surface area (Å²) in [5.41, 5.74) is 0. The molecule has 0 radical (unpaired) electrons. The molecule has 0 heterocycles. The summed E-state index contributed by atoms with van der Waals surface area (Å²) in [7, 11) is 0. The van der Waals surface area contributed by atoms with Crippen LogP contribution in [0.2, 0.25) is 0 Å². The van der Waals surface area contributed by atoms with Gasteiger partial charge < -0.3 is 14.2 Å². The van der Waals surface area contributed by atoms with Crippen LogP contribution < -0.4 is 0 Å². The number of carbonyl (C=O) groups is 3. The zero-order valence-electron chi connectivity index (χ0n) is 46.7. The molecule has 0 aliphatic carbocycles. The van der Waals surface area contributed by atoms with Crippen molar-refractivity contribution < 1.29 is 28.6 Å². The van der Waals surface area contributed by atoms with Gasteiger partial charge in [-0.3, -0.25) is 14.4 Å². The van der Waals surface area contributed by atoms with Gasteiger partial charge in [-0.1, -0.05) is 311 Å². The third-order valence-corrected chi connectivity index (χ3v) is 14.6. The topological polar surface area (TPSA) is 78.9 Å². The van der Waals surface area contributed by atoms with Crippen LogP contribution in [0, 0.1) is 11.8 Å². The van der Waals surface area contributed by atoms with E-state index in [-0.39, 0.29) is 31.1 Å². The highest BCUT2D eigenvalue weighted by molar-refractivity contribution is 5.71. The van der Waals surface area contributed by atoms with Crippen molar-refractivity contribution in [1.82, 2.24) is 0 Å². The fourth-order valence-corrected chi connectivity index (χ4v) is 9.55. The molecule has 0 saturated heterocycles. The normalized spacial score (nSPS) is 12.4. The molecule has 0 aromatic carbocycles. The highest BCUT2D eigenvalue weighted by atomic mass is 16.6. The van der Waals surface area contributed by atoms with Gasteiger partial charge >= 0.3 is 17.9 Å². The lowest BCUT2D eigenvalue weighted by atomic mass is 9.99. The van der Waals surface area contributed by atoms with E-state index in [1.807, 2.05) is 0 Å². The van der Waals surface area contributed by atoms with E-state index < -0.39 is 6.10 Å². The number of ether oxygens (including phenoxy) is 3. The van der Waals surface area contributed by atoms with Crippen molar-refractivity contribution in [3.63, 3.8) is 0 Å². The van der Waals surface area contributed by atoms with Crippen molar-refractivity contribution in [3.8, 4) is 0 Å². The Kier molecular flexibility index (Phi) is 53.5. The Hall–Kier alpha value is -1.59. The van der Waals surface area contributed by atoms with E-state index in [4.69, 9.17) is 14.2 Å². The first-order chi connectivity index (χ1) is 33.3. The van der Waals surface area contributed by atoms with E-state index in [1.54, 1.807) is 0 Å². The molecule has 0 spiro atoms. The molecule has 0 rings (SSSR count). The number of carbonyl (C=O) groups excluding carboxylic acids is 3. The smallest absolute Gasteiger partial charge is 0.306 e. The zero-order valence-corrected chi connectivity index (χ0v) is 46.7. The standard InChI is InChI=1S/C62H120O6/c1-6-8-9-10-35-42-47-52-60(63)66-55-59(56-67-61(64)53-48-43-38-33-29-25-21-17-13-11-15-19-23-27-31-36-40-45-50-57(3)4)68-62(65)54-49-44-39-34-30-26-22-18-14-12-16-20-24-28-32-37-41-46-51-58(5)7-2/h57-59H,6-56H2,1-5H3/t58?,59-/m1/s1. The number of esters is 3. The summed E-state index contributed by atoms with van der Waals surface area (Å²) in [5, 5.41) is 0. The van der Waals surface area contributed by atoms with Gasteiger partial charge in [-0.15, -0.1) is 0 Å². The Labute approximate surface area is 425 Å². The predicted octanol–water partition coefficient (Wildman–Crippen LogP) is 20.4. The van der Waals surface area contributed by atoms with Gasteiger partial charge in [-0.05, 0) is 31.1 Å². The highest BCUT2D eigenvalue weighted by Gasteiger charge is 2.19. The summed E-state index contributed by atoms with van der Waals surface area (Å²) >= 11 is 0. The van der Waals surface area contributed by atoms with Crippen LogP contribution in [0.3, 0.4) is 0 Å². The molecule has 6 heteroatoms. The monoisotopic (exact) mass is 961 g/mol. The Bertz CT molecular complexity index is 1040. The molecule has 0 amide bonds. The van der Waals surface area contributed by atoms with Gasteiger partial charge in [-0.2, -0.15) is 0 Å². The van der Waals surface area contributed by atoms with E-state index in [0.717, 1.165) is 69.6 Å². The maximum absolute atomic E-state index is 12.8. The summed E-state index contributed by atoms with van der Waals surface area (Å²) < 4.78 is 16.8. The van der Waals surface area contributed by atoms with Gasteiger partial charge in [0.05, 0.1) is 0 Å². The van der Waals surface area contributed by atoms with Crippen LogP contribution in [0.4, 0.5) is 0 Å². The second kappa shape index (κ2) is 54.7. The van der Waals surface area contributed by atoms with Crippen molar-refractivity contribution in [2.75, 3.05) is 13.2 Å². The van der Waals surface area contributed by atoms with Gasteiger partial charge in [0.15, 0.2) is 6.10 Å². The van der Waals surface area contributed by atoms with Crippen molar-refractivity contribution in [2.45, 2.75) is 355 Å². The van der Waals surface area contributed by atoms with Crippen LogP contribution >= 0.6 is 0 Å². The minimum Gasteiger partial charge on any atom is -0.462 e. The van der Waals surface area contributed by atoms with E-state index in [0.29, 0.717) is 19.3 Å². The molecule has 0 fully saturated rings. The van der Waals surface area contributed by atoms with Crippen molar-refractivity contribution in [3.05, 3.63) is 0 Å². The maximum Gasteiger partial charge on any atom is 0.306 e. The Morgan fingerprint density at radius 1 is 0.309 bits per heavy atom. The number of hydrogen-bond donors (Lipinski definition) is 0. The second-order valence-corrected chi connectivity index (χ2v) is 22.1. The largest absolute Gasteiger partial charge is 0.462 e. The minimum absolute atomic E-state index is 0.0627. The third kappa shape index (κ3) is 53.8. The average Bonchev–Trinajstić information content (AvgIpc) is 3.32. The van der Waals surface area contributed by atoms with Crippen LogP contribution in [-0.2, 0) is 28.6 Å². The Balaban J connectivity index is 4.09. The molecule has 0 aliphatic rings. The maximum atomic E-state index is 12.8. The molecule has 404 valence electrons. The van der Waals surface area contributed by atoms with Crippen LogP contribution in [0.5, 0.6) is 0 Å².